The number of aromatic nitrogens is 1. The van der Waals surface area contributed by atoms with E-state index in [0.29, 0.717) is 33.8 Å². The highest BCUT2D eigenvalue weighted by Gasteiger charge is 2.23. The number of benzene rings is 1. The van der Waals surface area contributed by atoms with Crippen LogP contribution < -0.4 is 15.8 Å². The molecule has 2 aromatic rings. The van der Waals surface area contributed by atoms with Crippen LogP contribution in [0.1, 0.15) is 32.9 Å². The molecular weight excluding hydrogens is 302 g/mol. The van der Waals surface area contributed by atoms with Crippen molar-refractivity contribution in [2.24, 2.45) is 11.7 Å². The summed E-state index contributed by atoms with van der Waals surface area (Å²) in [7, 11) is 0. The Hall–Kier alpha value is -2.41. The molecule has 1 aliphatic carbocycles. The number of thiazole rings is 1. The van der Waals surface area contributed by atoms with Crippen molar-refractivity contribution in [3.63, 3.8) is 0 Å². The molecule has 7 heteroatoms. The number of para-hydroxylation sites is 1. The van der Waals surface area contributed by atoms with Gasteiger partial charge in [0.15, 0.2) is 5.13 Å². The van der Waals surface area contributed by atoms with Gasteiger partial charge in [-0.15, -0.1) is 0 Å². The standard InChI is InChI=1S/C15H15N3O3S/c16-13(19)12-7-17-15(22-12)18-14(20)10-3-1-2-4-11(10)21-8-9-5-6-9/h1-4,7,9H,5-6,8H2,(H2,16,19)(H,17,18,20). The number of nitrogens with two attached hydrogens (primary N) is 1. The van der Waals surface area contributed by atoms with Crippen LogP contribution in [-0.4, -0.2) is 23.4 Å². The monoisotopic (exact) mass is 317 g/mol. The summed E-state index contributed by atoms with van der Waals surface area (Å²) in [5.74, 6) is 0.273. The molecule has 6 nitrogen and oxygen atoms in total. The molecule has 1 aliphatic rings. The lowest BCUT2D eigenvalue weighted by atomic mass is 10.2. The van der Waals surface area contributed by atoms with Crippen LogP contribution >= 0.6 is 11.3 Å². The molecule has 3 N–H and O–H groups in total. The summed E-state index contributed by atoms with van der Waals surface area (Å²) in [4.78, 5) is 27.6. The van der Waals surface area contributed by atoms with E-state index in [1.807, 2.05) is 6.07 Å². The minimum absolute atomic E-state index is 0.300. The van der Waals surface area contributed by atoms with Crippen molar-refractivity contribution in [3.05, 3.63) is 40.9 Å². The quantitative estimate of drug-likeness (QED) is 0.854. The zero-order valence-electron chi connectivity index (χ0n) is 11.7. The maximum Gasteiger partial charge on any atom is 0.261 e. The van der Waals surface area contributed by atoms with E-state index in [2.05, 4.69) is 10.3 Å². The average Bonchev–Trinajstić information content (AvgIpc) is 3.22. The van der Waals surface area contributed by atoms with E-state index in [0.717, 1.165) is 11.3 Å². The zero-order chi connectivity index (χ0) is 15.5. The second-order valence-corrected chi connectivity index (χ2v) is 6.13. The van der Waals surface area contributed by atoms with Gasteiger partial charge in [-0.05, 0) is 30.9 Å². The highest BCUT2D eigenvalue weighted by Crippen LogP contribution is 2.30. The molecule has 22 heavy (non-hydrogen) atoms. The van der Waals surface area contributed by atoms with E-state index >= 15 is 0 Å². The fourth-order valence-electron chi connectivity index (χ4n) is 1.88. The molecular formula is C15H15N3O3S. The molecule has 0 atom stereocenters. The van der Waals surface area contributed by atoms with Gasteiger partial charge in [-0.3, -0.25) is 14.9 Å². The Labute approximate surface area is 131 Å². The van der Waals surface area contributed by atoms with Gasteiger partial charge in [0, 0.05) is 0 Å². The topological polar surface area (TPSA) is 94.3 Å². The number of hydrogen-bond acceptors (Lipinski definition) is 5. The van der Waals surface area contributed by atoms with Crippen molar-refractivity contribution in [1.82, 2.24) is 4.98 Å². The van der Waals surface area contributed by atoms with Crippen molar-refractivity contribution >= 4 is 28.3 Å². The predicted molar refractivity (Wildman–Crippen MR) is 83.2 cm³/mol. The van der Waals surface area contributed by atoms with Gasteiger partial charge in [0.25, 0.3) is 11.8 Å². The van der Waals surface area contributed by atoms with Gasteiger partial charge in [0.05, 0.1) is 18.4 Å². The Morgan fingerprint density at radius 1 is 1.36 bits per heavy atom. The summed E-state index contributed by atoms with van der Waals surface area (Å²) in [5, 5.41) is 2.99. The molecule has 1 heterocycles. The number of carbonyl (C=O) groups is 2. The van der Waals surface area contributed by atoms with Crippen LogP contribution in [0.25, 0.3) is 0 Å². The second kappa shape index (κ2) is 6.15. The molecule has 1 aromatic heterocycles. The number of amides is 2. The van der Waals surface area contributed by atoms with Crippen LogP contribution in [0.15, 0.2) is 30.5 Å². The van der Waals surface area contributed by atoms with Gasteiger partial charge in [-0.25, -0.2) is 4.98 Å². The first-order valence-corrected chi connectivity index (χ1v) is 7.74. The van der Waals surface area contributed by atoms with Crippen LogP contribution in [0.5, 0.6) is 5.75 Å². The Kier molecular flexibility index (Phi) is 4.06. The van der Waals surface area contributed by atoms with Crippen molar-refractivity contribution in [1.29, 1.82) is 0 Å². The number of anilines is 1. The van der Waals surface area contributed by atoms with Crippen LogP contribution in [-0.2, 0) is 0 Å². The summed E-state index contributed by atoms with van der Waals surface area (Å²) >= 11 is 1.04. The van der Waals surface area contributed by atoms with Crippen LogP contribution in [0.2, 0.25) is 0 Å². The fraction of sp³-hybridized carbons (Fsp3) is 0.267. The smallest absolute Gasteiger partial charge is 0.261 e. The van der Waals surface area contributed by atoms with Gasteiger partial charge < -0.3 is 10.5 Å². The number of primary amides is 1. The molecule has 0 bridgehead atoms. The maximum absolute atomic E-state index is 12.3. The molecule has 1 saturated carbocycles. The minimum atomic E-state index is -0.564. The Balaban J connectivity index is 1.71. The van der Waals surface area contributed by atoms with E-state index in [-0.39, 0.29) is 5.91 Å². The van der Waals surface area contributed by atoms with Crippen LogP contribution in [0.3, 0.4) is 0 Å². The number of ether oxygens (including phenoxy) is 1. The van der Waals surface area contributed by atoms with E-state index in [1.54, 1.807) is 18.2 Å². The lowest BCUT2D eigenvalue weighted by molar-refractivity contribution is 0.1000. The third-order valence-electron chi connectivity index (χ3n) is 3.27. The summed E-state index contributed by atoms with van der Waals surface area (Å²) in [6.07, 6.45) is 3.71. The van der Waals surface area contributed by atoms with Gasteiger partial charge in [0.1, 0.15) is 10.6 Å². The number of nitrogens with zero attached hydrogens (tertiary/aromatic N) is 1. The number of hydrogen-bond donors (Lipinski definition) is 2. The average molecular weight is 317 g/mol. The summed E-state index contributed by atoms with van der Waals surface area (Å²) in [5.41, 5.74) is 5.61. The van der Waals surface area contributed by atoms with Crippen molar-refractivity contribution in [2.75, 3.05) is 11.9 Å². The first kappa shape index (κ1) is 14.5. The van der Waals surface area contributed by atoms with Gasteiger partial charge in [-0.1, -0.05) is 23.5 Å². The highest BCUT2D eigenvalue weighted by atomic mass is 32.1. The predicted octanol–water partition coefficient (Wildman–Crippen LogP) is 2.28. The number of rotatable bonds is 6. The molecule has 1 aromatic carbocycles. The first-order chi connectivity index (χ1) is 10.6. The van der Waals surface area contributed by atoms with E-state index in [4.69, 9.17) is 10.5 Å². The van der Waals surface area contributed by atoms with E-state index in [1.165, 1.54) is 19.0 Å². The summed E-state index contributed by atoms with van der Waals surface area (Å²) in [6, 6.07) is 7.07. The molecule has 3 rings (SSSR count). The Morgan fingerprint density at radius 2 is 2.14 bits per heavy atom. The van der Waals surface area contributed by atoms with E-state index in [9.17, 15) is 9.59 Å². The summed E-state index contributed by atoms with van der Waals surface area (Å²) in [6.45, 7) is 0.632. The molecule has 0 radical (unpaired) electrons. The van der Waals surface area contributed by atoms with Crippen molar-refractivity contribution < 1.29 is 14.3 Å². The highest BCUT2D eigenvalue weighted by molar-refractivity contribution is 7.17. The van der Waals surface area contributed by atoms with Crippen molar-refractivity contribution in [2.45, 2.75) is 12.8 Å². The lowest BCUT2D eigenvalue weighted by Crippen LogP contribution is -2.14. The second-order valence-electron chi connectivity index (χ2n) is 5.10. The van der Waals surface area contributed by atoms with Crippen LogP contribution in [0.4, 0.5) is 5.13 Å². The molecule has 0 saturated heterocycles. The number of carbonyl (C=O) groups excluding carboxylic acids is 2. The largest absolute Gasteiger partial charge is 0.492 e. The summed E-state index contributed by atoms with van der Waals surface area (Å²) < 4.78 is 5.71. The maximum atomic E-state index is 12.3. The molecule has 0 aliphatic heterocycles. The fourth-order valence-corrected chi connectivity index (χ4v) is 2.55. The van der Waals surface area contributed by atoms with Gasteiger partial charge in [0.2, 0.25) is 0 Å². The van der Waals surface area contributed by atoms with Crippen molar-refractivity contribution in [3.8, 4) is 5.75 Å². The number of nitrogens with one attached hydrogen (secondary N) is 1. The molecule has 0 unspecified atom stereocenters. The SMILES string of the molecule is NC(=O)c1cnc(NC(=O)c2ccccc2OCC2CC2)s1. The zero-order valence-corrected chi connectivity index (χ0v) is 12.6. The first-order valence-electron chi connectivity index (χ1n) is 6.92. The minimum Gasteiger partial charge on any atom is -0.492 e. The third-order valence-corrected chi connectivity index (χ3v) is 4.20. The molecule has 114 valence electrons. The Bertz CT molecular complexity index is 710. The van der Waals surface area contributed by atoms with E-state index < -0.39 is 5.91 Å². The lowest BCUT2D eigenvalue weighted by Gasteiger charge is -2.10. The molecule has 2 amide bonds. The normalized spacial score (nSPS) is 13.6. The van der Waals surface area contributed by atoms with Gasteiger partial charge in [-0.2, -0.15) is 0 Å². The van der Waals surface area contributed by atoms with Gasteiger partial charge >= 0.3 is 0 Å². The third kappa shape index (κ3) is 3.43. The molecule has 0 spiro atoms. The van der Waals surface area contributed by atoms with Crippen LogP contribution in [0, 0.1) is 5.92 Å². The molecule has 1 fully saturated rings. The Morgan fingerprint density at radius 3 is 2.82 bits per heavy atom.